The Morgan fingerprint density at radius 3 is 2.45 bits per heavy atom. The van der Waals surface area contributed by atoms with Gasteiger partial charge in [-0.3, -0.25) is 4.79 Å². The molecule has 4 rings (SSSR count). The fraction of sp³-hybridized carbons (Fsp3) is 0.125. The van der Waals surface area contributed by atoms with Crippen LogP contribution in [0.4, 0.5) is 5.69 Å². The number of aryl methyl sites for hydroxylation is 2. The molecule has 9 heteroatoms. The summed E-state index contributed by atoms with van der Waals surface area (Å²) in [4.78, 5) is 16.7. The summed E-state index contributed by atoms with van der Waals surface area (Å²) in [7, 11) is -3.85. The highest BCUT2D eigenvalue weighted by atomic mass is 32.2. The zero-order chi connectivity index (χ0) is 23.4. The highest BCUT2D eigenvalue weighted by molar-refractivity contribution is 7.89. The first kappa shape index (κ1) is 22.4. The van der Waals surface area contributed by atoms with Crippen LogP contribution in [0.15, 0.2) is 82.2 Å². The van der Waals surface area contributed by atoms with E-state index in [2.05, 4.69) is 15.5 Å². The largest absolute Gasteiger partial charge is 0.339 e. The van der Waals surface area contributed by atoms with E-state index >= 15 is 0 Å². The molecule has 168 valence electrons. The van der Waals surface area contributed by atoms with Gasteiger partial charge in [0.25, 0.3) is 0 Å². The minimum Gasteiger partial charge on any atom is -0.339 e. The molecule has 0 saturated carbocycles. The molecule has 0 aliphatic rings. The van der Waals surface area contributed by atoms with Gasteiger partial charge in [-0.25, -0.2) is 13.6 Å². The number of aromatic nitrogens is 2. The zero-order valence-corrected chi connectivity index (χ0v) is 18.7. The Bertz CT molecular complexity index is 1400. The Morgan fingerprint density at radius 2 is 1.76 bits per heavy atom. The molecule has 1 heterocycles. The Hall–Kier alpha value is -3.82. The number of carbonyl (C=O) groups excluding carboxylic acids is 1. The van der Waals surface area contributed by atoms with Gasteiger partial charge in [-0.2, -0.15) is 4.98 Å². The molecule has 0 radical (unpaired) electrons. The zero-order valence-electron chi connectivity index (χ0n) is 17.9. The van der Waals surface area contributed by atoms with E-state index in [1.807, 2.05) is 24.3 Å². The van der Waals surface area contributed by atoms with Crippen molar-refractivity contribution in [1.82, 2.24) is 10.1 Å². The third-order valence-electron chi connectivity index (χ3n) is 5.03. The summed E-state index contributed by atoms with van der Waals surface area (Å²) < 4.78 is 28.7. The summed E-state index contributed by atoms with van der Waals surface area (Å²) >= 11 is 0. The fourth-order valence-electron chi connectivity index (χ4n) is 3.45. The molecular weight excluding hydrogens is 440 g/mol. The lowest BCUT2D eigenvalue weighted by atomic mass is 10.0. The molecule has 3 N–H and O–H groups in total. The van der Waals surface area contributed by atoms with E-state index in [4.69, 9.17) is 9.66 Å². The van der Waals surface area contributed by atoms with Crippen LogP contribution >= 0.6 is 0 Å². The Balaban J connectivity index is 1.39. The molecule has 1 amide bonds. The van der Waals surface area contributed by atoms with Crippen molar-refractivity contribution >= 4 is 21.6 Å². The third kappa shape index (κ3) is 5.51. The Labute approximate surface area is 191 Å². The van der Waals surface area contributed by atoms with Crippen LogP contribution in [-0.4, -0.2) is 24.5 Å². The quantitative estimate of drug-likeness (QED) is 0.428. The van der Waals surface area contributed by atoms with E-state index < -0.39 is 10.0 Å². The fourth-order valence-corrected chi connectivity index (χ4v) is 4.21. The number of benzene rings is 3. The highest BCUT2D eigenvalue weighted by Crippen LogP contribution is 2.27. The second-order valence-electron chi connectivity index (χ2n) is 7.50. The molecule has 0 fully saturated rings. The minimum absolute atomic E-state index is 0.0556. The number of nitrogens with two attached hydrogens (primary N) is 1. The SMILES string of the molecule is Cc1nc(-c2cccc(CCC(=O)Nc3ccc(-c4ccccc4S(N)(=O)=O)cc3)c2)no1. The van der Waals surface area contributed by atoms with Crippen LogP contribution in [0, 0.1) is 6.92 Å². The van der Waals surface area contributed by atoms with Crippen LogP contribution in [0.5, 0.6) is 0 Å². The lowest BCUT2D eigenvalue weighted by molar-refractivity contribution is -0.116. The second kappa shape index (κ2) is 9.35. The number of nitrogens with zero attached hydrogens (tertiary/aromatic N) is 2. The molecule has 33 heavy (non-hydrogen) atoms. The van der Waals surface area contributed by atoms with Crippen LogP contribution in [-0.2, 0) is 21.2 Å². The summed E-state index contributed by atoms with van der Waals surface area (Å²) in [6, 6.07) is 21.1. The average molecular weight is 463 g/mol. The van der Waals surface area contributed by atoms with Crippen molar-refractivity contribution in [2.45, 2.75) is 24.7 Å². The number of primary sulfonamides is 1. The van der Waals surface area contributed by atoms with Gasteiger partial charge in [-0.1, -0.05) is 53.7 Å². The summed E-state index contributed by atoms with van der Waals surface area (Å²) in [5.41, 5.74) is 3.63. The van der Waals surface area contributed by atoms with Crippen LogP contribution < -0.4 is 10.5 Å². The second-order valence-corrected chi connectivity index (χ2v) is 9.03. The molecule has 0 unspecified atom stereocenters. The van der Waals surface area contributed by atoms with E-state index in [0.717, 1.165) is 11.1 Å². The van der Waals surface area contributed by atoms with Crippen LogP contribution in [0.1, 0.15) is 17.9 Å². The minimum atomic E-state index is -3.85. The van der Waals surface area contributed by atoms with Gasteiger partial charge in [0.1, 0.15) is 0 Å². The average Bonchev–Trinajstić information content (AvgIpc) is 3.24. The van der Waals surface area contributed by atoms with Gasteiger partial charge in [-0.05, 0) is 41.8 Å². The van der Waals surface area contributed by atoms with E-state index in [1.54, 1.807) is 49.4 Å². The molecule has 4 aromatic rings. The van der Waals surface area contributed by atoms with Crippen molar-refractivity contribution in [2.75, 3.05) is 5.32 Å². The maximum absolute atomic E-state index is 12.4. The predicted octanol–water partition coefficient (Wildman–Crippen LogP) is 3.93. The Morgan fingerprint density at radius 1 is 1.00 bits per heavy atom. The number of nitrogens with one attached hydrogen (secondary N) is 1. The van der Waals surface area contributed by atoms with Crippen molar-refractivity contribution in [3.8, 4) is 22.5 Å². The van der Waals surface area contributed by atoms with Crippen molar-refractivity contribution in [2.24, 2.45) is 5.14 Å². The first-order chi connectivity index (χ1) is 15.8. The van der Waals surface area contributed by atoms with E-state index in [-0.39, 0.29) is 10.8 Å². The number of anilines is 1. The first-order valence-electron chi connectivity index (χ1n) is 10.2. The highest BCUT2D eigenvalue weighted by Gasteiger charge is 2.14. The van der Waals surface area contributed by atoms with Gasteiger partial charge in [-0.15, -0.1) is 0 Å². The van der Waals surface area contributed by atoms with Crippen LogP contribution in [0.3, 0.4) is 0 Å². The van der Waals surface area contributed by atoms with Crippen molar-refractivity contribution in [1.29, 1.82) is 0 Å². The smallest absolute Gasteiger partial charge is 0.238 e. The number of hydrogen-bond acceptors (Lipinski definition) is 6. The summed E-state index contributed by atoms with van der Waals surface area (Å²) in [6.45, 7) is 1.73. The molecular formula is C24H22N4O4S. The number of hydrogen-bond donors (Lipinski definition) is 2. The summed E-state index contributed by atoms with van der Waals surface area (Å²) in [5.74, 6) is 0.880. The lowest BCUT2D eigenvalue weighted by Gasteiger charge is -2.10. The summed E-state index contributed by atoms with van der Waals surface area (Å²) in [6.07, 6.45) is 0.848. The predicted molar refractivity (Wildman–Crippen MR) is 125 cm³/mol. The maximum Gasteiger partial charge on any atom is 0.238 e. The van der Waals surface area contributed by atoms with E-state index in [0.29, 0.717) is 41.4 Å². The van der Waals surface area contributed by atoms with Crippen molar-refractivity contribution < 1.29 is 17.7 Å². The Kier molecular flexibility index (Phi) is 6.34. The van der Waals surface area contributed by atoms with Crippen LogP contribution in [0.25, 0.3) is 22.5 Å². The molecule has 3 aromatic carbocycles. The van der Waals surface area contributed by atoms with Gasteiger partial charge in [0.05, 0.1) is 4.90 Å². The maximum atomic E-state index is 12.4. The molecule has 0 spiro atoms. The molecule has 0 bridgehead atoms. The topological polar surface area (TPSA) is 128 Å². The molecule has 0 aliphatic heterocycles. The van der Waals surface area contributed by atoms with E-state index in [9.17, 15) is 13.2 Å². The van der Waals surface area contributed by atoms with Gasteiger partial charge < -0.3 is 9.84 Å². The third-order valence-corrected chi connectivity index (χ3v) is 6.00. The lowest BCUT2D eigenvalue weighted by Crippen LogP contribution is -2.13. The molecule has 0 aliphatic carbocycles. The first-order valence-corrected chi connectivity index (χ1v) is 11.8. The summed E-state index contributed by atoms with van der Waals surface area (Å²) in [5, 5.41) is 12.1. The van der Waals surface area contributed by atoms with Gasteiger partial charge >= 0.3 is 0 Å². The van der Waals surface area contributed by atoms with Crippen molar-refractivity contribution in [3.05, 3.63) is 84.3 Å². The number of amides is 1. The monoisotopic (exact) mass is 462 g/mol. The van der Waals surface area contributed by atoms with Gasteiger partial charge in [0.2, 0.25) is 27.6 Å². The normalized spacial score (nSPS) is 11.3. The molecule has 0 atom stereocenters. The number of sulfonamides is 1. The van der Waals surface area contributed by atoms with Crippen LogP contribution in [0.2, 0.25) is 0 Å². The molecule has 1 aromatic heterocycles. The number of carbonyl (C=O) groups is 1. The van der Waals surface area contributed by atoms with E-state index in [1.165, 1.54) is 6.07 Å². The number of rotatable bonds is 7. The van der Waals surface area contributed by atoms with Gasteiger partial charge in [0, 0.05) is 30.2 Å². The van der Waals surface area contributed by atoms with Gasteiger partial charge in [0.15, 0.2) is 0 Å². The van der Waals surface area contributed by atoms with Crippen molar-refractivity contribution in [3.63, 3.8) is 0 Å². The molecule has 8 nitrogen and oxygen atoms in total. The molecule has 0 saturated heterocycles. The standard InChI is InChI=1S/C24H22N4O4S/c1-16-26-24(28-32-16)19-6-4-5-17(15-19)9-14-23(29)27-20-12-10-18(11-13-20)21-7-2-3-8-22(21)33(25,30)31/h2-8,10-13,15H,9,14H2,1H3,(H,27,29)(H2,25,30,31).